The van der Waals surface area contributed by atoms with Gasteiger partial charge in [-0.3, -0.25) is 9.59 Å². The number of aromatic nitrogens is 1. The van der Waals surface area contributed by atoms with E-state index in [4.69, 9.17) is 0 Å². The number of rotatable bonds is 6. The molecule has 0 bridgehead atoms. The number of halogens is 3. The number of aromatic hydroxyl groups is 1. The highest BCUT2D eigenvalue weighted by molar-refractivity contribution is 5.91. The van der Waals surface area contributed by atoms with E-state index in [1.54, 1.807) is 6.07 Å². The SMILES string of the molecule is Cc1cn(C)c(=O)c(NC(=O)N[C@@H](CC(=O)O)c2cccc(-c3cccc(C(F)(F)F)c3)c2)c1O. The van der Waals surface area contributed by atoms with Crippen LogP contribution >= 0.6 is 0 Å². The van der Waals surface area contributed by atoms with E-state index in [-0.39, 0.29) is 11.3 Å². The van der Waals surface area contributed by atoms with E-state index in [9.17, 15) is 37.8 Å². The molecule has 2 amide bonds. The van der Waals surface area contributed by atoms with Crippen molar-refractivity contribution in [3.8, 4) is 16.9 Å². The van der Waals surface area contributed by atoms with Crippen LogP contribution in [0.25, 0.3) is 11.1 Å². The van der Waals surface area contributed by atoms with Crippen molar-refractivity contribution in [3.63, 3.8) is 0 Å². The van der Waals surface area contributed by atoms with Gasteiger partial charge in [0.2, 0.25) is 0 Å². The molecule has 0 aliphatic rings. The molecule has 0 spiro atoms. The maximum absolute atomic E-state index is 13.1. The highest BCUT2D eigenvalue weighted by Gasteiger charge is 2.30. The minimum absolute atomic E-state index is 0.258. The molecule has 0 saturated carbocycles. The highest BCUT2D eigenvalue weighted by Crippen LogP contribution is 2.33. The fraction of sp³-hybridized carbons (Fsp3) is 0.208. The number of aryl methyl sites for hydroxylation is 2. The Hall–Kier alpha value is -4.28. The van der Waals surface area contributed by atoms with Crippen LogP contribution in [-0.2, 0) is 18.0 Å². The predicted molar refractivity (Wildman–Crippen MR) is 122 cm³/mol. The van der Waals surface area contributed by atoms with Crippen molar-refractivity contribution in [2.75, 3.05) is 5.32 Å². The number of nitrogens with zero attached hydrogens (tertiary/aromatic N) is 1. The lowest BCUT2D eigenvalue weighted by atomic mass is 9.97. The van der Waals surface area contributed by atoms with Crippen molar-refractivity contribution < 1.29 is 33.0 Å². The summed E-state index contributed by atoms with van der Waals surface area (Å²) < 4.78 is 40.5. The third kappa shape index (κ3) is 5.99. The molecular weight excluding hydrogens is 467 g/mol. The lowest BCUT2D eigenvalue weighted by molar-refractivity contribution is -0.138. The van der Waals surface area contributed by atoms with Gasteiger partial charge in [-0.05, 0) is 41.8 Å². The zero-order valence-electron chi connectivity index (χ0n) is 18.7. The predicted octanol–water partition coefficient (Wildman–Crippen LogP) is 4.42. The van der Waals surface area contributed by atoms with Crippen LogP contribution in [0.1, 0.15) is 29.2 Å². The number of carbonyl (C=O) groups excluding carboxylic acids is 1. The first-order chi connectivity index (χ1) is 16.4. The fourth-order valence-corrected chi connectivity index (χ4v) is 3.54. The summed E-state index contributed by atoms with van der Waals surface area (Å²) in [4.78, 5) is 36.4. The van der Waals surface area contributed by atoms with E-state index >= 15 is 0 Å². The molecule has 1 heterocycles. The highest BCUT2D eigenvalue weighted by atomic mass is 19.4. The molecule has 184 valence electrons. The summed E-state index contributed by atoms with van der Waals surface area (Å²) in [6.45, 7) is 1.53. The second-order valence-electron chi connectivity index (χ2n) is 7.90. The minimum Gasteiger partial charge on any atom is -0.505 e. The number of nitrogens with one attached hydrogen (secondary N) is 2. The molecule has 8 nitrogen and oxygen atoms in total. The Kier molecular flexibility index (Phi) is 7.18. The Labute approximate surface area is 197 Å². The second-order valence-corrected chi connectivity index (χ2v) is 7.90. The van der Waals surface area contributed by atoms with E-state index < -0.39 is 47.5 Å². The van der Waals surface area contributed by atoms with Gasteiger partial charge in [0.15, 0.2) is 5.69 Å². The van der Waals surface area contributed by atoms with Crippen molar-refractivity contribution in [2.24, 2.45) is 7.05 Å². The molecule has 11 heteroatoms. The van der Waals surface area contributed by atoms with Gasteiger partial charge in [-0.2, -0.15) is 13.2 Å². The summed E-state index contributed by atoms with van der Waals surface area (Å²) >= 11 is 0. The van der Waals surface area contributed by atoms with Gasteiger partial charge < -0.3 is 25.4 Å². The van der Waals surface area contributed by atoms with Crippen LogP contribution in [0.3, 0.4) is 0 Å². The standard InChI is InChI=1S/C24H22F3N3O5/c1-13-12-30(2)22(34)20(21(13)33)29-23(35)28-18(11-19(31)32)16-7-3-5-14(9-16)15-6-4-8-17(10-15)24(25,26)27/h3-10,12,18,33H,11H2,1-2H3,(H,31,32)(H2,28,29,35)/t18-/m0/s1. The third-order valence-corrected chi connectivity index (χ3v) is 5.27. The van der Waals surface area contributed by atoms with Gasteiger partial charge in [0.1, 0.15) is 5.75 Å². The van der Waals surface area contributed by atoms with E-state index in [0.717, 1.165) is 16.7 Å². The number of anilines is 1. The normalized spacial score (nSPS) is 12.1. The van der Waals surface area contributed by atoms with Crippen LogP contribution in [-0.4, -0.2) is 26.8 Å². The number of alkyl halides is 3. The van der Waals surface area contributed by atoms with E-state index in [1.807, 2.05) is 0 Å². The van der Waals surface area contributed by atoms with Crippen LogP contribution in [0, 0.1) is 6.92 Å². The molecule has 4 N–H and O–H groups in total. The van der Waals surface area contributed by atoms with Crippen molar-refractivity contribution in [1.29, 1.82) is 0 Å². The van der Waals surface area contributed by atoms with Gasteiger partial charge in [-0.25, -0.2) is 4.79 Å². The Balaban J connectivity index is 1.91. The van der Waals surface area contributed by atoms with Crippen molar-refractivity contribution in [3.05, 3.63) is 81.8 Å². The number of hydrogen-bond donors (Lipinski definition) is 4. The quantitative estimate of drug-likeness (QED) is 0.409. The van der Waals surface area contributed by atoms with Crippen molar-refractivity contribution in [2.45, 2.75) is 25.6 Å². The zero-order valence-corrected chi connectivity index (χ0v) is 18.7. The fourth-order valence-electron chi connectivity index (χ4n) is 3.54. The average molecular weight is 489 g/mol. The van der Waals surface area contributed by atoms with Crippen molar-refractivity contribution in [1.82, 2.24) is 9.88 Å². The van der Waals surface area contributed by atoms with Gasteiger partial charge in [0.05, 0.1) is 18.0 Å². The lowest BCUT2D eigenvalue weighted by Crippen LogP contribution is -2.36. The number of amides is 2. The zero-order chi connectivity index (χ0) is 25.9. The molecule has 0 aliphatic carbocycles. The van der Waals surface area contributed by atoms with E-state index in [1.165, 1.54) is 50.5 Å². The molecule has 0 radical (unpaired) electrons. The Morgan fingerprint density at radius 2 is 1.71 bits per heavy atom. The molecule has 0 fully saturated rings. The molecule has 2 aromatic carbocycles. The number of carboxylic acids is 1. The van der Waals surface area contributed by atoms with Crippen LogP contribution in [0.2, 0.25) is 0 Å². The molecule has 0 aliphatic heterocycles. The van der Waals surface area contributed by atoms with E-state index in [2.05, 4.69) is 10.6 Å². The summed E-state index contributed by atoms with van der Waals surface area (Å²) in [5.74, 6) is -1.67. The first-order valence-corrected chi connectivity index (χ1v) is 10.3. The van der Waals surface area contributed by atoms with Gasteiger partial charge in [-0.1, -0.05) is 30.3 Å². The number of pyridine rings is 1. The van der Waals surface area contributed by atoms with Gasteiger partial charge in [0, 0.05) is 18.8 Å². The number of hydrogen-bond acceptors (Lipinski definition) is 4. The van der Waals surface area contributed by atoms with Crippen LogP contribution in [0.4, 0.5) is 23.7 Å². The monoisotopic (exact) mass is 489 g/mol. The van der Waals surface area contributed by atoms with Crippen LogP contribution in [0.5, 0.6) is 5.75 Å². The number of benzene rings is 2. The lowest BCUT2D eigenvalue weighted by Gasteiger charge is -2.19. The van der Waals surface area contributed by atoms with Crippen LogP contribution in [0.15, 0.2) is 59.5 Å². The smallest absolute Gasteiger partial charge is 0.416 e. The topological polar surface area (TPSA) is 121 Å². The number of aliphatic carboxylic acids is 1. The Morgan fingerprint density at radius 3 is 2.34 bits per heavy atom. The molecular formula is C24H22F3N3O5. The largest absolute Gasteiger partial charge is 0.505 e. The molecule has 1 aromatic heterocycles. The first-order valence-electron chi connectivity index (χ1n) is 10.3. The summed E-state index contributed by atoms with van der Waals surface area (Å²) in [6.07, 6.45) is -3.69. The molecule has 0 unspecified atom stereocenters. The second kappa shape index (κ2) is 9.92. The van der Waals surface area contributed by atoms with Crippen LogP contribution < -0.4 is 16.2 Å². The summed E-state index contributed by atoms with van der Waals surface area (Å²) in [5, 5.41) is 24.2. The molecule has 3 aromatic rings. The molecule has 3 rings (SSSR count). The van der Waals surface area contributed by atoms with Crippen molar-refractivity contribution >= 4 is 17.7 Å². The minimum atomic E-state index is -4.53. The Morgan fingerprint density at radius 1 is 1.09 bits per heavy atom. The third-order valence-electron chi connectivity index (χ3n) is 5.27. The maximum Gasteiger partial charge on any atom is 0.416 e. The average Bonchev–Trinajstić information content (AvgIpc) is 2.79. The van der Waals surface area contributed by atoms with E-state index in [0.29, 0.717) is 16.7 Å². The summed E-state index contributed by atoms with van der Waals surface area (Å²) in [7, 11) is 1.43. The molecule has 0 saturated heterocycles. The Bertz CT molecular complexity index is 1330. The maximum atomic E-state index is 13.1. The number of urea groups is 1. The summed E-state index contributed by atoms with van der Waals surface area (Å²) in [6, 6.07) is 8.72. The van der Waals surface area contributed by atoms with Gasteiger partial charge in [0.25, 0.3) is 5.56 Å². The van der Waals surface area contributed by atoms with Gasteiger partial charge in [-0.15, -0.1) is 0 Å². The van der Waals surface area contributed by atoms with Gasteiger partial charge >= 0.3 is 18.2 Å². The summed E-state index contributed by atoms with van der Waals surface area (Å²) in [5.41, 5.74) is -0.595. The number of carbonyl (C=O) groups is 2. The first kappa shape index (κ1) is 25.3. The number of carboxylic acid groups (broad SMARTS) is 1. The molecule has 1 atom stereocenters. The molecule has 35 heavy (non-hydrogen) atoms.